The molecule has 0 amide bonds. The summed E-state index contributed by atoms with van der Waals surface area (Å²) >= 11 is 0. The van der Waals surface area contributed by atoms with Crippen LogP contribution >= 0.6 is 0 Å². The van der Waals surface area contributed by atoms with Crippen LogP contribution in [-0.2, 0) is 0 Å². The molecule has 0 aromatic rings. The topological polar surface area (TPSA) is 0 Å². The molecular formula is C11H18. The molecule has 11 heavy (non-hydrogen) atoms. The SMILES string of the molecule is C/C=C/C(=C/C(C)=C/C)CC. The Balaban J connectivity index is 4.35. The standard InChI is InChI=1S/C11H18/c1-5-8-11(7-3)9-10(4)6-2/h5-6,8-9H,7H2,1-4H3/b8-5+,10-6+,11-9+. The van der Waals surface area contributed by atoms with Gasteiger partial charge >= 0.3 is 0 Å². The van der Waals surface area contributed by atoms with Crippen LogP contribution in [0.25, 0.3) is 0 Å². The maximum absolute atomic E-state index is 2.22. The lowest BCUT2D eigenvalue weighted by atomic mass is 10.1. The fourth-order valence-electron chi connectivity index (χ4n) is 0.858. The summed E-state index contributed by atoms with van der Waals surface area (Å²) in [7, 11) is 0. The molecule has 0 rings (SSSR count). The summed E-state index contributed by atoms with van der Waals surface area (Å²) in [6.45, 7) is 8.41. The Bertz CT molecular complexity index is 180. The molecule has 0 radical (unpaired) electrons. The molecule has 0 heterocycles. The highest BCUT2D eigenvalue weighted by Crippen LogP contribution is 2.07. The fraction of sp³-hybridized carbons (Fsp3) is 0.455. The number of hydrogen-bond donors (Lipinski definition) is 0. The highest BCUT2D eigenvalue weighted by Gasteiger charge is 1.86. The third-order valence-electron chi connectivity index (χ3n) is 1.66. The minimum atomic E-state index is 1.11. The van der Waals surface area contributed by atoms with Gasteiger partial charge < -0.3 is 0 Å². The molecule has 0 saturated heterocycles. The summed E-state index contributed by atoms with van der Waals surface area (Å²) in [5, 5.41) is 0. The first-order valence-corrected chi connectivity index (χ1v) is 4.20. The zero-order chi connectivity index (χ0) is 8.69. The molecule has 0 aliphatic heterocycles. The third kappa shape index (κ3) is 4.60. The second kappa shape index (κ2) is 5.96. The van der Waals surface area contributed by atoms with E-state index < -0.39 is 0 Å². The summed E-state index contributed by atoms with van der Waals surface area (Å²) < 4.78 is 0. The maximum Gasteiger partial charge on any atom is -0.0307 e. The molecule has 0 aliphatic rings. The van der Waals surface area contributed by atoms with Gasteiger partial charge in [0.25, 0.3) is 0 Å². The Morgan fingerprint density at radius 3 is 2.27 bits per heavy atom. The van der Waals surface area contributed by atoms with Crippen LogP contribution in [0.1, 0.15) is 34.1 Å². The highest BCUT2D eigenvalue weighted by atomic mass is 13.9. The van der Waals surface area contributed by atoms with Gasteiger partial charge in [0.2, 0.25) is 0 Å². The fourth-order valence-corrected chi connectivity index (χ4v) is 0.858. The minimum Gasteiger partial charge on any atom is -0.0874 e. The molecule has 0 aromatic heterocycles. The monoisotopic (exact) mass is 150 g/mol. The van der Waals surface area contributed by atoms with Crippen LogP contribution in [0.2, 0.25) is 0 Å². The number of allylic oxidation sites excluding steroid dienone is 6. The second-order valence-electron chi connectivity index (χ2n) is 2.61. The van der Waals surface area contributed by atoms with E-state index in [1.165, 1.54) is 11.1 Å². The molecule has 0 heteroatoms. The molecule has 0 aromatic carbocycles. The second-order valence-corrected chi connectivity index (χ2v) is 2.61. The summed E-state index contributed by atoms with van der Waals surface area (Å²) in [5.74, 6) is 0. The average molecular weight is 150 g/mol. The van der Waals surface area contributed by atoms with Crippen molar-refractivity contribution in [3.05, 3.63) is 35.5 Å². The highest BCUT2D eigenvalue weighted by molar-refractivity contribution is 5.28. The predicted molar refractivity (Wildman–Crippen MR) is 52.6 cm³/mol. The maximum atomic E-state index is 2.22. The van der Waals surface area contributed by atoms with Crippen LogP contribution in [-0.4, -0.2) is 0 Å². The first kappa shape index (κ1) is 10.2. The first-order chi connectivity index (χ1) is 5.24. The van der Waals surface area contributed by atoms with Crippen molar-refractivity contribution in [1.82, 2.24) is 0 Å². The minimum absolute atomic E-state index is 1.11. The molecule has 62 valence electrons. The lowest BCUT2D eigenvalue weighted by Gasteiger charge is -1.96. The molecule has 0 spiro atoms. The van der Waals surface area contributed by atoms with Crippen LogP contribution < -0.4 is 0 Å². The number of hydrogen-bond acceptors (Lipinski definition) is 0. The Kier molecular flexibility index (Phi) is 5.54. The number of rotatable bonds is 3. The van der Waals surface area contributed by atoms with Crippen LogP contribution in [0, 0.1) is 0 Å². The first-order valence-electron chi connectivity index (χ1n) is 4.20. The van der Waals surface area contributed by atoms with Crippen molar-refractivity contribution < 1.29 is 0 Å². The van der Waals surface area contributed by atoms with Gasteiger partial charge in [-0.25, -0.2) is 0 Å². The molecule has 0 fully saturated rings. The van der Waals surface area contributed by atoms with Crippen molar-refractivity contribution in [2.75, 3.05) is 0 Å². The van der Waals surface area contributed by atoms with Crippen LogP contribution in [0.5, 0.6) is 0 Å². The van der Waals surface area contributed by atoms with Crippen molar-refractivity contribution in [3.63, 3.8) is 0 Å². The lowest BCUT2D eigenvalue weighted by Crippen LogP contribution is -1.75. The van der Waals surface area contributed by atoms with Gasteiger partial charge in [-0.15, -0.1) is 0 Å². The summed E-state index contributed by atoms with van der Waals surface area (Å²) in [5.41, 5.74) is 2.73. The molecule has 0 bridgehead atoms. The molecule has 0 aliphatic carbocycles. The smallest absolute Gasteiger partial charge is 0.0307 e. The average Bonchev–Trinajstić information content (AvgIpc) is 2.03. The van der Waals surface area contributed by atoms with E-state index in [9.17, 15) is 0 Å². The Morgan fingerprint density at radius 2 is 1.91 bits per heavy atom. The van der Waals surface area contributed by atoms with Crippen molar-refractivity contribution >= 4 is 0 Å². The van der Waals surface area contributed by atoms with Crippen molar-refractivity contribution in [2.24, 2.45) is 0 Å². The Hall–Kier alpha value is -0.780. The molecule has 0 atom stereocenters. The van der Waals surface area contributed by atoms with E-state index >= 15 is 0 Å². The zero-order valence-electron chi connectivity index (χ0n) is 8.02. The van der Waals surface area contributed by atoms with Gasteiger partial charge in [0.1, 0.15) is 0 Å². The van der Waals surface area contributed by atoms with Crippen LogP contribution in [0.4, 0.5) is 0 Å². The molecular weight excluding hydrogens is 132 g/mol. The van der Waals surface area contributed by atoms with Crippen molar-refractivity contribution in [1.29, 1.82) is 0 Å². The molecule has 0 saturated carbocycles. The van der Waals surface area contributed by atoms with Gasteiger partial charge in [0, 0.05) is 0 Å². The largest absolute Gasteiger partial charge is 0.0874 e. The van der Waals surface area contributed by atoms with Crippen LogP contribution in [0.3, 0.4) is 0 Å². The van der Waals surface area contributed by atoms with Gasteiger partial charge in [-0.2, -0.15) is 0 Å². The van der Waals surface area contributed by atoms with E-state index in [2.05, 4.69) is 52.0 Å². The Labute approximate surface area is 70.3 Å². The molecule has 0 N–H and O–H groups in total. The normalized spacial score (nSPS) is 14.5. The van der Waals surface area contributed by atoms with Crippen molar-refractivity contribution in [2.45, 2.75) is 34.1 Å². The summed E-state index contributed by atoms with van der Waals surface area (Å²) in [4.78, 5) is 0. The van der Waals surface area contributed by atoms with Gasteiger partial charge in [-0.1, -0.05) is 36.8 Å². The van der Waals surface area contributed by atoms with Crippen molar-refractivity contribution in [3.8, 4) is 0 Å². The van der Waals surface area contributed by atoms with E-state index in [0.717, 1.165) is 6.42 Å². The van der Waals surface area contributed by atoms with Gasteiger partial charge in [-0.3, -0.25) is 0 Å². The van der Waals surface area contributed by atoms with Crippen LogP contribution in [0.15, 0.2) is 35.5 Å². The summed E-state index contributed by atoms with van der Waals surface area (Å²) in [6.07, 6.45) is 9.69. The zero-order valence-corrected chi connectivity index (χ0v) is 8.02. The van der Waals surface area contributed by atoms with Gasteiger partial charge in [0.15, 0.2) is 0 Å². The lowest BCUT2D eigenvalue weighted by molar-refractivity contribution is 1.14. The van der Waals surface area contributed by atoms with E-state index in [4.69, 9.17) is 0 Å². The summed E-state index contributed by atoms with van der Waals surface area (Å²) in [6, 6.07) is 0. The predicted octanol–water partition coefficient (Wildman–Crippen LogP) is 3.87. The van der Waals surface area contributed by atoms with Gasteiger partial charge in [0.05, 0.1) is 0 Å². The van der Waals surface area contributed by atoms with E-state index in [1.807, 2.05) is 0 Å². The van der Waals surface area contributed by atoms with E-state index in [1.54, 1.807) is 0 Å². The van der Waals surface area contributed by atoms with Gasteiger partial charge in [-0.05, 0) is 32.8 Å². The van der Waals surface area contributed by atoms with E-state index in [-0.39, 0.29) is 0 Å². The molecule has 0 unspecified atom stereocenters. The third-order valence-corrected chi connectivity index (χ3v) is 1.66. The quantitative estimate of drug-likeness (QED) is 0.536. The molecule has 0 nitrogen and oxygen atoms in total. The van der Waals surface area contributed by atoms with E-state index in [0.29, 0.717) is 0 Å². The Morgan fingerprint density at radius 1 is 1.27 bits per heavy atom.